The summed E-state index contributed by atoms with van der Waals surface area (Å²) < 4.78 is 5.64. The lowest BCUT2D eigenvalue weighted by Crippen LogP contribution is -2.42. The number of alkyl carbamates (subject to hydrolysis) is 1. The first-order chi connectivity index (χ1) is 16.9. The van der Waals surface area contributed by atoms with Gasteiger partial charge in [0.05, 0.1) is 17.5 Å². The number of hydrogen-bond acceptors (Lipinski definition) is 4. The van der Waals surface area contributed by atoms with Gasteiger partial charge in [0.1, 0.15) is 6.61 Å². The normalized spacial score (nSPS) is 15.0. The molecule has 1 saturated carbocycles. The van der Waals surface area contributed by atoms with Gasteiger partial charge < -0.3 is 20.1 Å². The Labute approximate surface area is 203 Å². The summed E-state index contributed by atoms with van der Waals surface area (Å²) in [6, 6.07) is 22.5. The minimum atomic E-state index is -1.05. The van der Waals surface area contributed by atoms with Crippen LogP contribution in [0.4, 0.5) is 10.5 Å². The summed E-state index contributed by atoms with van der Waals surface area (Å²) in [4.78, 5) is 38.2. The molecule has 2 amide bonds. The van der Waals surface area contributed by atoms with Crippen LogP contribution in [-0.4, -0.2) is 42.3 Å². The van der Waals surface area contributed by atoms with E-state index in [1.807, 2.05) is 24.3 Å². The van der Waals surface area contributed by atoms with Gasteiger partial charge in [0.15, 0.2) is 0 Å². The molecule has 0 atom stereocenters. The molecule has 0 radical (unpaired) electrons. The quantitative estimate of drug-likeness (QED) is 0.517. The maximum atomic E-state index is 12.9. The number of nitrogens with one attached hydrogen (secondary N) is 1. The van der Waals surface area contributed by atoms with Gasteiger partial charge in [0, 0.05) is 18.7 Å². The summed E-state index contributed by atoms with van der Waals surface area (Å²) in [6.45, 7) is 0.214. The molecule has 0 aromatic heterocycles. The predicted octanol–water partition coefficient (Wildman–Crippen LogP) is 4.81. The van der Waals surface area contributed by atoms with Crippen LogP contribution in [0.15, 0.2) is 72.8 Å². The molecule has 0 unspecified atom stereocenters. The summed E-state index contributed by atoms with van der Waals surface area (Å²) >= 11 is 0. The van der Waals surface area contributed by atoms with Crippen molar-refractivity contribution in [3.05, 3.63) is 89.5 Å². The van der Waals surface area contributed by atoms with Crippen molar-refractivity contribution in [2.45, 2.75) is 30.7 Å². The average molecular weight is 471 g/mol. The molecule has 35 heavy (non-hydrogen) atoms. The number of amides is 2. The largest absolute Gasteiger partial charge is 0.478 e. The van der Waals surface area contributed by atoms with Crippen molar-refractivity contribution < 1.29 is 24.2 Å². The van der Waals surface area contributed by atoms with Gasteiger partial charge in [0.25, 0.3) is 0 Å². The number of carbonyl (C=O) groups excluding carboxylic acids is 2. The number of carbonyl (C=O) groups is 3. The molecule has 0 spiro atoms. The second kappa shape index (κ2) is 8.91. The van der Waals surface area contributed by atoms with Crippen molar-refractivity contribution in [1.82, 2.24) is 5.32 Å². The van der Waals surface area contributed by atoms with Crippen LogP contribution in [0.25, 0.3) is 11.1 Å². The molecule has 2 aliphatic rings. The van der Waals surface area contributed by atoms with E-state index < -0.39 is 17.6 Å². The van der Waals surface area contributed by atoms with Crippen molar-refractivity contribution in [3.8, 4) is 11.1 Å². The number of nitrogens with zero attached hydrogens (tertiary/aromatic N) is 1. The highest BCUT2D eigenvalue weighted by atomic mass is 16.5. The first-order valence-electron chi connectivity index (χ1n) is 11.6. The van der Waals surface area contributed by atoms with E-state index in [2.05, 4.69) is 29.6 Å². The third-order valence-corrected chi connectivity index (χ3v) is 6.91. The lowest BCUT2D eigenvalue weighted by atomic mass is 9.98. The number of rotatable bonds is 7. The van der Waals surface area contributed by atoms with E-state index in [9.17, 15) is 19.5 Å². The molecule has 0 heterocycles. The van der Waals surface area contributed by atoms with Crippen molar-refractivity contribution in [2.24, 2.45) is 0 Å². The molecule has 7 nitrogen and oxygen atoms in total. The van der Waals surface area contributed by atoms with Gasteiger partial charge in [0.2, 0.25) is 5.91 Å². The minimum Gasteiger partial charge on any atom is -0.478 e. The van der Waals surface area contributed by atoms with E-state index in [0.717, 1.165) is 22.3 Å². The van der Waals surface area contributed by atoms with Gasteiger partial charge in [-0.05, 0) is 53.3 Å². The smallest absolute Gasteiger partial charge is 0.407 e. The summed E-state index contributed by atoms with van der Waals surface area (Å²) in [5, 5.41) is 12.1. The Hall–Kier alpha value is -4.13. The van der Waals surface area contributed by atoms with Crippen molar-refractivity contribution in [1.29, 1.82) is 0 Å². The molecule has 0 aliphatic heterocycles. The molecule has 3 aromatic rings. The van der Waals surface area contributed by atoms with Crippen LogP contribution in [0.2, 0.25) is 0 Å². The highest BCUT2D eigenvalue weighted by Gasteiger charge is 2.47. The molecule has 0 bridgehead atoms. The van der Waals surface area contributed by atoms with Gasteiger partial charge >= 0.3 is 12.1 Å². The zero-order valence-corrected chi connectivity index (χ0v) is 19.4. The average Bonchev–Trinajstić information content (AvgIpc) is 3.54. The molecule has 1 fully saturated rings. The lowest BCUT2D eigenvalue weighted by molar-refractivity contribution is -0.118. The Kier molecular flexibility index (Phi) is 5.76. The fourth-order valence-electron chi connectivity index (χ4n) is 4.75. The van der Waals surface area contributed by atoms with Gasteiger partial charge in [-0.1, -0.05) is 54.6 Å². The minimum absolute atomic E-state index is 0.0300. The van der Waals surface area contributed by atoms with E-state index in [0.29, 0.717) is 18.5 Å². The van der Waals surface area contributed by atoms with E-state index >= 15 is 0 Å². The second-order valence-corrected chi connectivity index (χ2v) is 9.22. The van der Waals surface area contributed by atoms with Gasteiger partial charge in [-0.15, -0.1) is 0 Å². The first kappa shape index (κ1) is 22.7. The molecule has 5 rings (SSSR count). The number of carboxylic acid groups (broad SMARTS) is 1. The Morgan fingerprint density at radius 1 is 0.971 bits per heavy atom. The zero-order valence-electron chi connectivity index (χ0n) is 19.4. The standard InChI is InChI=1S/C28H26N2O5/c1-30(19-8-6-7-18(15-19)26(32)33)25(31)16-28(13-14-28)29-27(34)35-17-24-22-11-4-2-9-20(22)21-10-3-5-12-23(21)24/h2-12,15,24H,13-14,16-17H2,1H3,(H,29,34)(H,32,33). The van der Waals surface area contributed by atoms with Crippen LogP contribution < -0.4 is 10.2 Å². The Balaban J connectivity index is 1.20. The maximum absolute atomic E-state index is 12.9. The highest BCUT2D eigenvalue weighted by Crippen LogP contribution is 2.45. The molecule has 3 aromatic carbocycles. The Bertz CT molecular complexity index is 1270. The summed E-state index contributed by atoms with van der Waals surface area (Å²) in [7, 11) is 1.60. The monoisotopic (exact) mass is 470 g/mol. The lowest BCUT2D eigenvalue weighted by Gasteiger charge is -2.23. The zero-order chi connectivity index (χ0) is 24.6. The number of ether oxygens (including phenoxy) is 1. The summed E-state index contributed by atoms with van der Waals surface area (Å²) in [6.07, 6.45) is 0.954. The van der Waals surface area contributed by atoms with Crippen LogP contribution in [0, 0.1) is 0 Å². The highest BCUT2D eigenvalue weighted by molar-refractivity contribution is 5.96. The Morgan fingerprint density at radius 2 is 1.60 bits per heavy atom. The maximum Gasteiger partial charge on any atom is 0.407 e. The van der Waals surface area contributed by atoms with E-state index in [4.69, 9.17) is 4.74 Å². The molecule has 7 heteroatoms. The topological polar surface area (TPSA) is 95.9 Å². The van der Waals surface area contributed by atoms with Crippen molar-refractivity contribution >= 4 is 23.7 Å². The van der Waals surface area contributed by atoms with E-state index in [-0.39, 0.29) is 30.4 Å². The van der Waals surface area contributed by atoms with Crippen LogP contribution in [0.3, 0.4) is 0 Å². The summed E-state index contributed by atoms with van der Waals surface area (Å²) in [5.74, 6) is -1.29. The van der Waals surface area contributed by atoms with Gasteiger partial charge in [-0.25, -0.2) is 9.59 Å². The predicted molar refractivity (Wildman–Crippen MR) is 132 cm³/mol. The number of aromatic carboxylic acids is 1. The second-order valence-electron chi connectivity index (χ2n) is 9.22. The van der Waals surface area contributed by atoms with Crippen molar-refractivity contribution in [3.63, 3.8) is 0 Å². The number of hydrogen-bond donors (Lipinski definition) is 2. The number of anilines is 1. The number of fused-ring (bicyclic) bond motifs is 3. The van der Waals surface area contributed by atoms with Gasteiger partial charge in [-0.3, -0.25) is 4.79 Å². The van der Waals surface area contributed by atoms with Gasteiger partial charge in [-0.2, -0.15) is 0 Å². The number of benzene rings is 3. The van der Waals surface area contributed by atoms with E-state index in [1.54, 1.807) is 19.2 Å². The third-order valence-electron chi connectivity index (χ3n) is 6.91. The molecule has 178 valence electrons. The number of carboxylic acids is 1. The fourth-order valence-corrected chi connectivity index (χ4v) is 4.75. The van der Waals surface area contributed by atoms with Crippen LogP contribution >= 0.6 is 0 Å². The summed E-state index contributed by atoms with van der Waals surface area (Å²) in [5.41, 5.74) is 4.59. The Morgan fingerprint density at radius 3 is 2.20 bits per heavy atom. The first-order valence-corrected chi connectivity index (χ1v) is 11.6. The van der Waals surface area contributed by atoms with Crippen LogP contribution in [0.1, 0.15) is 46.7 Å². The van der Waals surface area contributed by atoms with Crippen LogP contribution in [-0.2, 0) is 9.53 Å². The molecule has 2 aliphatic carbocycles. The van der Waals surface area contributed by atoms with Crippen molar-refractivity contribution in [2.75, 3.05) is 18.6 Å². The van der Waals surface area contributed by atoms with Crippen LogP contribution in [0.5, 0.6) is 0 Å². The molecular weight excluding hydrogens is 444 g/mol. The third kappa shape index (κ3) is 4.49. The molecule has 0 saturated heterocycles. The van der Waals surface area contributed by atoms with E-state index in [1.165, 1.54) is 17.0 Å². The SMILES string of the molecule is CN(C(=O)CC1(NC(=O)OCC2c3ccccc3-c3ccccc32)CC1)c1cccc(C(=O)O)c1. The molecule has 2 N–H and O–H groups in total. The molecular formula is C28H26N2O5. The fraction of sp³-hybridized carbons (Fsp3) is 0.250.